The first-order valence-corrected chi connectivity index (χ1v) is 20.5. The van der Waals surface area contributed by atoms with E-state index in [2.05, 4.69) is 202 Å². The Kier molecular flexibility index (Phi) is 6.54. The van der Waals surface area contributed by atoms with E-state index in [0.29, 0.717) is 0 Å². The Morgan fingerprint density at radius 1 is 0.456 bits per heavy atom. The van der Waals surface area contributed by atoms with Gasteiger partial charge in [0.25, 0.3) is 0 Å². The standard InChI is InChI=1S/C55H43NO/c1-53(2)42-20-8-5-16-36(42)39-30-28-34(32-47(39)53)56(35-29-31-40-37-17-6-9-21-43(37)54(3,4)48(40)33-35)49-25-15-19-41-38-18-7-10-22-44(38)55(52(41)49)45-23-11-13-26-50(45)57-51-27-14-12-24-46(51)55/h5-24,26-33,49H,25H2,1-4H3. The van der Waals surface area contributed by atoms with Gasteiger partial charge in [-0.2, -0.15) is 0 Å². The van der Waals surface area contributed by atoms with Crippen molar-refractivity contribution in [2.45, 2.75) is 56.4 Å². The van der Waals surface area contributed by atoms with Gasteiger partial charge in [0.05, 0.1) is 11.5 Å². The first-order chi connectivity index (χ1) is 27.8. The van der Waals surface area contributed by atoms with Crippen LogP contribution in [0.25, 0.3) is 27.8 Å². The summed E-state index contributed by atoms with van der Waals surface area (Å²) in [5, 5.41) is 0. The minimum absolute atomic E-state index is 0.00788. The lowest BCUT2D eigenvalue weighted by Crippen LogP contribution is -2.44. The van der Waals surface area contributed by atoms with E-state index >= 15 is 0 Å². The second-order valence-corrected chi connectivity index (χ2v) is 17.5. The van der Waals surface area contributed by atoms with E-state index < -0.39 is 5.41 Å². The molecule has 57 heavy (non-hydrogen) atoms. The molecule has 2 nitrogen and oxygen atoms in total. The van der Waals surface area contributed by atoms with Crippen molar-refractivity contribution in [1.29, 1.82) is 0 Å². The van der Waals surface area contributed by atoms with E-state index in [9.17, 15) is 0 Å². The fraction of sp³-hybridized carbons (Fsp3) is 0.164. The van der Waals surface area contributed by atoms with Gasteiger partial charge < -0.3 is 9.64 Å². The second-order valence-electron chi connectivity index (χ2n) is 17.5. The molecule has 0 saturated carbocycles. The average molecular weight is 734 g/mol. The number of allylic oxidation sites excluding steroid dienone is 2. The van der Waals surface area contributed by atoms with Gasteiger partial charge in [-0.05, 0) is 110 Å². The predicted octanol–water partition coefficient (Wildman–Crippen LogP) is 13.7. The molecule has 4 aliphatic carbocycles. The monoisotopic (exact) mass is 733 g/mol. The molecule has 12 rings (SSSR count). The van der Waals surface area contributed by atoms with E-state index in [4.69, 9.17) is 4.74 Å². The molecule has 1 spiro atoms. The number of para-hydroxylation sites is 2. The predicted molar refractivity (Wildman–Crippen MR) is 234 cm³/mol. The molecule has 7 aromatic rings. The number of nitrogens with zero attached hydrogens (tertiary/aromatic N) is 1. The van der Waals surface area contributed by atoms with Gasteiger partial charge in [-0.25, -0.2) is 0 Å². The zero-order chi connectivity index (χ0) is 38.3. The zero-order valence-electron chi connectivity index (χ0n) is 32.8. The molecule has 0 bridgehead atoms. The third-order valence-corrected chi connectivity index (χ3v) is 14.1. The fourth-order valence-electron chi connectivity index (χ4n) is 11.6. The maximum absolute atomic E-state index is 6.78. The fourth-order valence-corrected chi connectivity index (χ4v) is 11.6. The number of fused-ring (bicyclic) bond motifs is 14. The summed E-state index contributed by atoms with van der Waals surface area (Å²) < 4.78 is 6.78. The van der Waals surface area contributed by atoms with E-state index in [1.807, 2.05) is 0 Å². The molecule has 274 valence electrons. The topological polar surface area (TPSA) is 12.5 Å². The molecule has 0 fully saturated rings. The largest absolute Gasteiger partial charge is 0.457 e. The Labute approximate surface area is 335 Å². The van der Waals surface area contributed by atoms with Crippen molar-refractivity contribution in [3.8, 4) is 33.8 Å². The maximum Gasteiger partial charge on any atom is 0.132 e. The van der Waals surface area contributed by atoms with Crippen LogP contribution in [0.5, 0.6) is 11.5 Å². The van der Waals surface area contributed by atoms with Gasteiger partial charge in [0.2, 0.25) is 0 Å². The van der Waals surface area contributed by atoms with Crippen molar-refractivity contribution in [1.82, 2.24) is 0 Å². The third kappa shape index (κ3) is 4.15. The summed E-state index contributed by atoms with van der Waals surface area (Å²) in [6.45, 7) is 9.57. The molecule has 1 unspecified atom stereocenters. The van der Waals surface area contributed by atoms with Gasteiger partial charge in [0.15, 0.2) is 0 Å². The van der Waals surface area contributed by atoms with Crippen LogP contribution in [0.1, 0.15) is 78.6 Å². The number of hydrogen-bond donors (Lipinski definition) is 0. The van der Waals surface area contributed by atoms with Crippen LogP contribution in [0.2, 0.25) is 0 Å². The normalized spacial score (nSPS) is 18.7. The van der Waals surface area contributed by atoms with Crippen molar-refractivity contribution in [2.24, 2.45) is 0 Å². The van der Waals surface area contributed by atoms with E-state index in [0.717, 1.165) is 17.9 Å². The van der Waals surface area contributed by atoms with Crippen molar-refractivity contribution < 1.29 is 4.74 Å². The van der Waals surface area contributed by atoms with Crippen molar-refractivity contribution >= 4 is 16.9 Å². The van der Waals surface area contributed by atoms with E-state index in [1.165, 1.54) is 89.3 Å². The lowest BCUT2D eigenvalue weighted by atomic mass is 9.62. The molecule has 0 amide bonds. The molecule has 0 N–H and O–H groups in total. The van der Waals surface area contributed by atoms with Crippen molar-refractivity contribution in [2.75, 3.05) is 4.90 Å². The Bertz CT molecular complexity index is 2790. The summed E-state index contributed by atoms with van der Waals surface area (Å²) in [7, 11) is 0. The van der Waals surface area contributed by atoms with E-state index in [-0.39, 0.29) is 16.9 Å². The average Bonchev–Trinajstić information content (AvgIpc) is 3.76. The lowest BCUT2D eigenvalue weighted by molar-refractivity contribution is 0.428. The smallest absolute Gasteiger partial charge is 0.132 e. The Morgan fingerprint density at radius 3 is 1.44 bits per heavy atom. The SMILES string of the molecule is CC1(C)c2ccccc2-c2ccc(N(c3ccc4c(c3)C(C)(C)c3ccccc3-4)C3CC=CC4=C3C3(c5ccccc5Oc5ccccc53)c3ccccc34)cc21. The first-order valence-electron chi connectivity index (χ1n) is 20.5. The molecule has 1 aliphatic heterocycles. The van der Waals surface area contributed by atoms with Crippen LogP contribution in [0, 0.1) is 0 Å². The molecule has 5 aliphatic rings. The highest BCUT2D eigenvalue weighted by Crippen LogP contribution is 2.64. The molecular formula is C55H43NO. The Hall–Kier alpha value is -6.38. The molecule has 0 aromatic heterocycles. The zero-order valence-corrected chi connectivity index (χ0v) is 32.8. The van der Waals surface area contributed by atoms with Gasteiger partial charge in [-0.1, -0.05) is 161 Å². The first kappa shape index (κ1) is 32.8. The second kappa shape index (κ2) is 11.4. The number of anilines is 2. The summed E-state index contributed by atoms with van der Waals surface area (Å²) >= 11 is 0. The van der Waals surface area contributed by atoms with Crippen LogP contribution in [-0.2, 0) is 16.2 Å². The van der Waals surface area contributed by atoms with Gasteiger partial charge >= 0.3 is 0 Å². The van der Waals surface area contributed by atoms with Gasteiger partial charge in [-0.3, -0.25) is 0 Å². The third-order valence-electron chi connectivity index (χ3n) is 14.1. The number of ether oxygens (including phenoxy) is 1. The highest BCUT2D eigenvalue weighted by atomic mass is 16.5. The molecule has 2 heteroatoms. The number of benzene rings is 7. The van der Waals surface area contributed by atoms with E-state index in [1.54, 1.807) is 0 Å². The van der Waals surface area contributed by atoms with Crippen LogP contribution in [-0.4, -0.2) is 6.04 Å². The van der Waals surface area contributed by atoms with Crippen LogP contribution < -0.4 is 9.64 Å². The highest BCUT2D eigenvalue weighted by molar-refractivity contribution is 5.95. The molecular weight excluding hydrogens is 691 g/mol. The summed E-state index contributed by atoms with van der Waals surface area (Å²) in [5.74, 6) is 1.85. The number of hydrogen-bond acceptors (Lipinski definition) is 2. The van der Waals surface area contributed by atoms with Gasteiger partial charge in [-0.15, -0.1) is 0 Å². The van der Waals surface area contributed by atoms with Crippen LogP contribution in [0.3, 0.4) is 0 Å². The van der Waals surface area contributed by atoms with Crippen molar-refractivity contribution in [3.63, 3.8) is 0 Å². The number of rotatable bonds is 3. The maximum atomic E-state index is 6.78. The summed E-state index contributed by atoms with van der Waals surface area (Å²) in [4.78, 5) is 2.70. The lowest BCUT2D eigenvalue weighted by Gasteiger charge is -2.46. The summed E-state index contributed by atoms with van der Waals surface area (Å²) in [6.07, 6.45) is 5.69. The van der Waals surface area contributed by atoms with Gasteiger partial charge in [0, 0.05) is 33.3 Å². The molecule has 1 heterocycles. The summed E-state index contributed by atoms with van der Waals surface area (Å²) in [6, 6.07) is 59.2. The molecule has 1 atom stereocenters. The minimum Gasteiger partial charge on any atom is -0.457 e. The molecule has 7 aromatic carbocycles. The minimum atomic E-state index is -0.552. The van der Waals surface area contributed by atoms with Gasteiger partial charge in [0.1, 0.15) is 11.5 Å². The van der Waals surface area contributed by atoms with Crippen LogP contribution in [0.4, 0.5) is 11.4 Å². The quantitative estimate of drug-likeness (QED) is 0.179. The van der Waals surface area contributed by atoms with Crippen molar-refractivity contribution in [3.05, 3.63) is 220 Å². The molecule has 0 radical (unpaired) electrons. The Balaban J connectivity index is 1.14. The highest BCUT2D eigenvalue weighted by Gasteiger charge is 2.55. The summed E-state index contributed by atoms with van der Waals surface area (Å²) in [5.41, 5.74) is 20.3. The van der Waals surface area contributed by atoms with Crippen LogP contribution >= 0.6 is 0 Å². The molecule has 0 saturated heterocycles. The van der Waals surface area contributed by atoms with Crippen LogP contribution in [0.15, 0.2) is 175 Å². The Morgan fingerprint density at radius 2 is 0.895 bits per heavy atom.